The van der Waals surface area contributed by atoms with Crippen LogP contribution in [0.2, 0.25) is 0 Å². The summed E-state index contributed by atoms with van der Waals surface area (Å²) in [5.74, 6) is 0.504. The second kappa shape index (κ2) is 10.7. The molecule has 7 nitrogen and oxygen atoms in total. The van der Waals surface area contributed by atoms with Gasteiger partial charge in [-0.25, -0.2) is 9.07 Å². The topological polar surface area (TPSA) is 79.7 Å². The van der Waals surface area contributed by atoms with Crippen LogP contribution in [0.3, 0.4) is 0 Å². The predicted molar refractivity (Wildman–Crippen MR) is 140 cm³/mol. The molecule has 8 heteroatoms. The number of aromatic amines is 1. The van der Waals surface area contributed by atoms with Crippen molar-refractivity contribution in [1.82, 2.24) is 30.1 Å². The molecular weight excluding hydrogens is 455 g/mol. The number of fused-ring (bicyclic) bond motifs is 1. The molecule has 0 aliphatic carbocycles. The van der Waals surface area contributed by atoms with Gasteiger partial charge in [-0.05, 0) is 85.3 Å². The van der Waals surface area contributed by atoms with Crippen LogP contribution in [0.1, 0.15) is 75.5 Å². The molecule has 0 fully saturated rings. The minimum absolute atomic E-state index is 0.112. The molecule has 0 saturated heterocycles. The van der Waals surface area contributed by atoms with E-state index in [1.54, 1.807) is 12.1 Å². The lowest BCUT2D eigenvalue weighted by atomic mass is 10.00. The molecule has 0 bridgehead atoms. The van der Waals surface area contributed by atoms with Crippen molar-refractivity contribution in [2.24, 2.45) is 0 Å². The fourth-order valence-corrected chi connectivity index (χ4v) is 4.54. The number of pyridine rings is 1. The summed E-state index contributed by atoms with van der Waals surface area (Å²) in [6.45, 7) is 11.5. The number of benzene rings is 2. The van der Waals surface area contributed by atoms with E-state index in [9.17, 15) is 9.18 Å². The first kappa shape index (κ1) is 25.7. The van der Waals surface area contributed by atoms with Crippen LogP contribution in [0.5, 0.6) is 0 Å². The van der Waals surface area contributed by atoms with Crippen LogP contribution in [-0.2, 0) is 18.6 Å². The number of hydrogen-bond acceptors (Lipinski definition) is 5. The van der Waals surface area contributed by atoms with Crippen LogP contribution in [0.15, 0.2) is 53.3 Å². The van der Waals surface area contributed by atoms with Gasteiger partial charge in [-0.2, -0.15) is 0 Å². The number of hydrogen-bond donors (Lipinski definition) is 1. The fourth-order valence-electron chi connectivity index (χ4n) is 4.54. The van der Waals surface area contributed by atoms with Gasteiger partial charge in [0, 0.05) is 24.2 Å². The molecule has 0 amide bonds. The molecule has 2 aromatic heterocycles. The molecule has 0 saturated carbocycles. The van der Waals surface area contributed by atoms with Gasteiger partial charge < -0.3 is 4.98 Å². The van der Waals surface area contributed by atoms with Gasteiger partial charge in [-0.1, -0.05) is 44.0 Å². The predicted octanol–water partition coefficient (Wildman–Crippen LogP) is 5.65. The van der Waals surface area contributed by atoms with Crippen molar-refractivity contribution >= 4 is 10.9 Å². The van der Waals surface area contributed by atoms with Crippen LogP contribution < -0.4 is 5.56 Å². The molecule has 2 aromatic carbocycles. The normalized spacial score (nSPS) is 13.0. The maximum absolute atomic E-state index is 13.6. The van der Waals surface area contributed by atoms with E-state index in [4.69, 9.17) is 0 Å². The summed E-state index contributed by atoms with van der Waals surface area (Å²) >= 11 is 0. The molecule has 2 heterocycles. The average Bonchev–Trinajstić information content (AvgIpc) is 3.35. The Hall–Kier alpha value is -3.39. The summed E-state index contributed by atoms with van der Waals surface area (Å²) in [6.07, 6.45) is 2.59. The van der Waals surface area contributed by atoms with Gasteiger partial charge in [0.1, 0.15) is 5.82 Å². The lowest BCUT2D eigenvalue weighted by molar-refractivity contribution is 0.145. The Morgan fingerprint density at radius 2 is 1.83 bits per heavy atom. The highest BCUT2D eigenvalue weighted by atomic mass is 19.1. The molecule has 0 radical (unpaired) electrons. The summed E-state index contributed by atoms with van der Waals surface area (Å²) in [7, 11) is 0. The Morgan fingerprint density at radius 1 is 1.08 bits per heavy atom. The molecule has 4 rings (SSSR count). The average molecular weight is 491 g/mol. The van der Waals surface area contributed by atoms with Crippen molar-refractivity contribution in [1.29, 1.82) is 0 Å². The molecule has 36 heavy (non-hydrogen) atoms. The third-order valence-electron chi connectivity index (χ3n) is 6.98. The second-order valence-electron chi connectivity index (χ2n) is 10.2. The van der Waals surface area contributed by atoms with Crippen molar-refractivity contribution in [2.75, 3.05) is 0 Å². The van der Waals surface area contributed by atoms with Gasteiger partial charge in [-0.15, -0.1) is 5.10 Å². The quantitative estimate of drug-likeness (QED) is 0.311. The molecule has 0 aliphatic rings. The van der Waals surface area contributed by atoms with E-state index in [1.807, 2.05) is 29.8 Å². The first-order valence-electron chi connectivity index (χ1n) is 12.6. The zero-order chi connectivity index (χ0) is 25.9. The van der Waals surface area contributed by atoms with Crippen LogP contribution in [0.25, 0.3) is 10.9 Å². The van der Waals surface area contributed by atoms with E-state index in [2.05, 4.69) is 59.2 Å². The van der Waals surface area contributed by atoms with E-state index < -0.39 is 0 Å². The number of rotatable bonds is 10. The first-order chi connectivity index (χ1) is 17.2. The SMILES string of the molecule is CCC[C@H](c1nnnn1C(C)(C)CC)N(Cc1ccc(F)cc1)Cc1cc2cc(C)ccc2[nH]c1=O. The zero-order valence-electron chi connectivity index (χ0n) is 21.8. The molecular formula is C28H35FN6O. The number of H-pyrrole nitrogens is 1. The fraction of sp³-hybridized carbons (Fsp3) is 0.429. The van der Waals surface area contributed by atoms with Crippen LogP contribution >= 0.6 is 0 Å². The summed E-state index contributed by atoms with van der Waals surface area (Å²) in [5, 5.41) is 13.8. The van der Waals surface area contributed by atoms with Crippen molar-refractivity contribution < 1.29 is 4.39 Å². The summed E-state index contributed by atoms with van der Waals surface area (Å²) < 4.78 is 15.6. The lowest BCUT2D eigenvalue weighted by Crippen LogP contribution is -2.36. The first-order valence-corrected chi connectivity index (χ1v) is 12.6. The smallest absolute Gasteiger partial charge is 0.252 e. The van der Waals surface area contributed by atoms with Crippen molar-refractivity contribution in [3.8, 4) is 0 Å². The van der Waals surface area contributed by atoms with E-state index in [1.165, 1.54) is 12.1 Å². The summed E-state index contributed by atoms with van der Waals surface area (Å²) in [6, 6.07) is 14.4. The van der Waals surface area contributed by atoms with Crippen LogP contribution in [-0.4, -0.2) is 30.1 Å². The maximum Gasteiger partial charge on any atom is 0.252 e. The van der Waals surface area contributed by atoms with Gasteiger partial charge in [0.15, 0.2) is 5.82 Å². The Bertz CT molecular complexity index is 1380. The third-order valence-corrected chi connectivity index (χ3v) is 6.98. The van der Waals surface area contributed by atoms with Crippen LogP contribution in [0.4, 0.5) is 4.39 Å². The zero-order valence-corrected chi connectivity index (χ0v) is 21.8. The monoisotopic (exact) mass is 490 g/mol. The molecule has 1 atom stereocenters. The highest BCUT2D eigenvalue weighted by molar-refractivity contribution is 5.79. The van der Waals surface area contributed by atoms with E-state index >= 15 is 0 Å². The number of nitrogens with zero attached hydrogens (tertiary/aromatic N) is 5. The second-order valence-corrected chi connectivity index (χ2v) is 10.2. The number of halogens is 1. The Kier molecular flexibility index (Phi) is 7.64. The summed E-state index contributed by atoms with van der Waals surface area (Å²) in [4.78, 5) is 18.4. The maximum atomic E-state index is 13.6. The number of aryl methyl sites for hydroxylation is 1. The minimum atomic E-state index is -0.273. The van der Waals surface area contributed by atoms with E-state index in [0.29, 0.717) is 18.7 Å². The van der Waals surface area contributed by atoms with Gasteiger partial charge in [0.2, 0.25) is 0 Å². The standard InChI is InChI=1S/C28H35FN6O/c1-6-8-25(26-31-32-33-35(26)28(4,5)7-2)34(17-20-10-12-23(29)13-11-20)18-22-16-21-15-19(3)9-14-24(21)30-27(22)36/h9-16,25H,6-8,17-18H2,1-5H3,(H,30,36)/t25-/m1/s1. The Balaban J connectivity index is 1.80. The summed E-state index contributed by atoms with van der Waals surface area (Å²) in [5.41, 5.74) is 3.21. The molecule has 1 N–H and O–H groups in total. The highest BCUT2D eigenvalue weighted by Gasteiger charge is 2.31. The largest absolute Gasteiger partial charge is 0.322 e. The Labute approximate surface area is 211 Å². The minimum Gasteiger partial charge on any atom is -0.322 e. The van der Waals surface area contributed by atoms with Gasteiger partial charge >= 0.3 is 0 Å². The highest BCUT2D eigenvalue weighted by Crippen LogP contribution is 2.31. The van der Waals surface area contributed by atoms with E-state index in [0.717, 1.165) is 47.1 Å². The molecule has 0 spiro atoms. The van der Waals surface area contributed by atoms with Gasteiger partial charge in [-0.3, -0.25) is 9.69 Å². The molecule has 190 valence electrons. The van der Waals surface area contributed by atoms with Gasteiger partial charge in [0.05, 0.1) is 11.6 Å². The molecule has 4 aromatic rings. The number of tetrazole rings is 1. The number of aromatic nitrogens is 5. The lowest BCUT2D eigenvalue weighted by Gasteiger charge is -2.33. The molecule has 0 unspecified atom stereocenters. The van der Waals surface area contributed by atoms with Crippen LogP contribution in [0, 0.1) is 12.7 Å². The van der Waals surface area contributed by atoms with Gasteiger partial charge in [0.25, 0.3) is 5.56 Å². The number of nitrogens with one attached hydrogen (secondary N) is 1. The van der Waals surface area contributed by atoms with Crippen molar-refractivity contribution in [3.63, 3.8) is 0 Å². The Morgan fingerprint density at radius 3 is 2.53 bits per heavy atom. The van der Waals surface area contributed by atoms with Crippen molar-refractivity contribution in [3.05, 3.63) is 87.2 Å². The third kappa shape index (κ3) is 5.54. The van der Waals surface area contributed by atoms with Crippen molar-refractivity contribution in [2.45, 2.75) is 78.6 Å². The van der Waals surface area contributed by atoms with E-state index in [-0.39, 0.29) is 23.0 Å². The molecule has 0 aliphatic heterocycles.